The van der Waals surface area contributed by atoms with E-state index in [-0.39, 0.29) is 6.61 Å². The number of unbranched alkanes of at least 4 members (excludes halogenated alkanes) is 1. The molecule has 2 unspecified atom stereocenters. The average Bonchev–Trinajstić information content (AvgIpc) is 2.38. The van der Waals surface area contributed by atoms with Crippen LogP contribution in [0.4, 0.5) is 0 Å². The van der Waals surface area contributed by atoms with Crippen LogP contribution in [0.2, 0.25) is 0 Å². The van der Waals surface area contributed by atoms with Crippen molar-refractivity contribution in [1.29, 1.82) is 0 Å². The van der Waals surface area contributed by atoms with Crippen LogP contribution in [0.5, 0.6) is 0 Å². The largest absolute Gasteiger partial charge is 0.394 e. The summed E-state index contributed by atoms with van der Waals surface area (Å²) in [6.45, 7) is 1.85. The van der Waals surface area contributed by atoms with Gasteiger partial charge >= 0.3 is 0 Å². The van der Waals surface area contributed by atoms with E-state index in [1.165, 1.54) is 0 Å². The Kier molecular flexibility index (Phi) is 6.77. The number of ether oxygens (including phenoxy) is 2. The maximum atomic E-state index is 9.66. The molecule has 1 rings (SSSR count). The van der Waals surface area contributed by atoms with Gasteiger partial charge in [-0.1, -0.05) is 25.5 Å². The molecule has 6 nitrogen and oxygen atoms in total. The van der Waals surface area contributed by atoms with E-state index in [1.54, 1.807) is 6.08 Å². The van der Waals surface area contributed by atoms with Gasteiger partial charge in [0.2, 0.25) is 0 Å². The van der Waals surface area contributed by atoms with Crippen molar-refractivity contribution in [3.05, 3.63) is 12.2 Å². The second-order valence-corrected chi connectivity index (χ2v) is 4.29. The van der Waals surface area contributed by atoms with E-state index in [0.717, 1.165) is 12.8 Å². The van der Waals surface area contributed by atoms with Gasteiger partial charge in [0.05, 0.1) is 13.2 Å². The monoisotopic (exact) mass is 262 g/mol. The summed E-state index contributed by atoms with van der Waals surface area (Å²) in [6.07, 6.45) is -0.313. The van der Waals surface area contributed by atoms with Gasteiger partial charge in [0.1, 0.15) is 24.4 Å². The lowest BCUT2D eigenvalue weighted by Crippen LogP contribution is -2.59. The first kappa shape index (κ1) is 15.6. The molecular weight excluding hydrogens is 240 g/mol. The van der Waals surface area contributed by atoms with Gasteiger partial charge in [-0.15, -0.1) is 0 Å². The fraction of sp³-hybridized carbons (Fsp3) is 0.833. The van der Waals surface area contributed by atoms with E-state index >= 15 is 0 Å². The highest BCUT2D eigenvalue weighted by Crippen LogP contribution is 2.21. The summed E-state index contributed by atoms with van der Waals surface area (Å²) in [5, 5.41) is 37.7. The molecule has 0 spiro atoms. The molecule has 0 aromatic rings. The summed E-state index contributed by atoms with van der Waals surface area (Å²) >= 11 is 0. The van der Waals surface area contributed by atoms with Gasteiger partial charge in [0.25, 0.3) is 0 Å². The Labute approximate surface area is 106 Å². The van der Waals surface area contributed by atoms with E-state index in [1.807, 2.05) is 6.08 Å². The molecule has 0 radical (unpaired) electrons. The number of aliphatic hydroxyl groups is 4. The van der Waals surface area contributed by atoms with Crippen LogP contribution in [-0.4, -0.2) is 64.3 Å². The van der Waals surface area contributed by atoms with Crippen molar-refractivity contribution in [3.63, 3.8) is 0 Å². The molecule has 6 heteroatoms. The third-order valence-electron chi connectivity index (χ3n) is 2.83. The van der Waals surface area contributed by atoms with E-state index < -0.39 is 37.3 Å². The summed E-state index contributed by atoms with van der Waals surface area (Å²) in [4.78, 5) is 0. The molecule has 4 N–H and O–H groups in total. The zero-order valence-corrected chi connectivity index (χ0v) is 10.5. The van der Waals surface area contributed by atoms with Crippen LogP contribution in [0, 0.1) is 0 Å². The van der Waals surface area contributed by atoms with Gasteiger partial charge < -0.3 is 29.9 Å². The molecule has 0 aromatic carbocycles. The van der Waals surface area contributed by atoms with Gasteiger partial charge in [-0.3, -0.25) is 0 Å². The average molecular weight is 262 g/mol. The Hall–Kier alpha value is -0.500. The maximum absolute atomic E-state index is 9.66. The van der Waals surface area contributed by atoms with Crippen LogP contribution in [0.3, 0.4) is 0 Å². The summed E-state index contributed by atoms with van der Waals surface area (Å²) in [6, 6.07) is 0. The van der Waals surface area contributed by atoms with Gasteiger partial charge in [0, 0.05) is 0 Å². The Bertz CT molecular complexity index is 255. The standard InChI is InChI=1S/C12H22O6/c1-2-3-4-5-6-17-12-11(16)10(15)9(14)8(7-13)18-12/h4-5,8-16H,2-3,6-7H2,1H3/b5-4+/t8?,9-,10-,11?,12+/m0/s1. The first-order valence-corrected chi connectivity index (χ1v) is 6.19. The molecule has 0 aliphatic carbocycles. The Morgan fingerprint density at radius 3 is 2.44 bits per heavy atom. The molecule has 106 valence electrons. The zero-order valence-electron chi connectivity index (χ0n) is 10.5. The van der Waals surface area contributed by atoms with Crippen molar-refractivity contribution >= 4 is 0 Å². The number of hydrogen-bond donors (Lipinski definition) is 4. The lowest BCUT2D eigenvalue weighted by molar-refractivity contribution is -0.298. The fourth-order valence-corrected chi connectivity index (χ4v) is 1.71. The highest BCUT2D eigenvalue weighted by Gasteiger charge is 2.43. The van der Waals surface area contributed by atoms with Crippen LogP contribution in [0.15, 0.2) is 12.2 Å². The molecule has 1 aliphatic rings. The molecular formula is C12H22O6. The smallest absolute Gasteiger partial charge is 0.187 e. The van der Waals surface area contributed by atoms with E-state index in [0.29, 0.717) is 0 Å². The highest BCUT2D eigenvalue weighted by atomic mass is 16.7. The first-order valence-electron chi connectivity index (χ1n) is 6.19. The van der Waals surface area contributed by atoms with Gasteiger partial charge in [-0.2, -0.15) is 0 Å². The lowest BCUT2D eigenvalue weighted by Gasteiger charge is -2.39. The molecule has 1 aliphatic heterocycles. The molecule has 0 bridgehead atoms. The number of aliphatic hydroxyl groups excluding tert-OH is 4. The molecule has 0 saturated carbocycles. The number of allylic oxidation sites excluding steroid dienone is 1. The fourth-order valence-electron chi connectivity index (χ4n) is 1.71. The SMILES string of the molecule is CCC/C=C/CO[C@@H]1OC(CO)[C@H](O)[C@H](O)C1O. The maximum Gasteiger partial charge on any atom is 0.187 e. The van der Waals surface area contributed by atoms with Crippen molar-refractivity contribution in [2.45, 2.75) is 50.5 Å². The molecule has 1 fully saturated rings. The predicted octanol–water partition coefficient (Wildman–Crippen LogP) is -0.841. The lowest BCUT2D eigenvalue weighted by atomic mass is 9.99. The minimum absolute atomic E-state index is 0.239. The minimum Gasteiger partial charge on any atom is -0.394 e. The summed E-state index contributed by atoms with van der Waals surface area (Å²) in [7, 11) is 0. The minimum atomic E-state index is -1.39. The van der Waals surface area contributed by atoms with Gasteiger partial charge in [-0.25, -0.2) is 0 Å². The van der Waals surface area contributed by atoms with Crippen molar-refractivity contribution in [1.82, 2.24) is 0 Å². The first-order chi connectivity index (χ1) is 8.61. The topological polar surface area (TPSA) is 99.4 Å². The molecule has 0 aromatic heterocycles. The molecule has 18 heavy (non-hydrogen) atoms. The molecule has 1 saturated heterocycles. The third-order valence-corrected chi connectivity index (χ3v) is 2.83. The number of rotatable bonds is 6. The predicted molar refractivity (Wildman–Crippen MR) is 63.8 cm³/mol. The van der Waals surface area contributed by atoms with Crippen molar-refractivity contribution in [2.24, 2.45) is 0 Å². The Balaban J connectivity index is 2.44. The van der Waals surface area contributed by atoms with Crippen LogP contribution >= 0.6 is 0 Å². The second-order valence-electron chi connectivity index (χ2n) is 4.29. The third kappa shape index (κ3) is 4.01. The summed E-state index contributed by atoms with van der Waals surface area (Å²) < 4.78 is 10.4. The van der Waals surface area contributed by atoms with Crippen molar-refractivity contribution in [2.75, 3.05) is 13.2 Å². The molecule has 5 atom stereocenters. The summed E-state index contributed by atoms with van der Waals surface area (Å²) in [5.74, 6) is 0. The molecule has 1 heterocycles. The van der Waals surface area contributed by atoms with Gasteiger partial charge in [-0.05, 0) is 6.42 Å². The van der Waals surface area contributed by atoms with Crippen molar-refractivity contribution < 1.29 is 29.9 Å². The van der Waals surface area contributed by atoms with E-state index in [2.05, 4.69) is 6.92 Å². The van der Waals surface area contributed by atoms with Crippen LogP contribution in [0.1, 0.15) is 19.8 Å². The zero-order chi connectivity index (χ0) is 13.5. The van der Waals surface area contributed by atoms with E-state index in [4.69, 9.17) is 14.6 Å². The quantitative estimate of drug-likeness (QED) is 0.466. The Morgan fingerprint density at radius 1 is 1.11 bits per heavy atom. The summed E-state index contributed by atoms with van der Waals surface area (Å²) in [5.41, 5.74) is 0. The molecule has 0 amide bonds. The second kappa shape index (κ2) is 7.83. The normalized spacial score (nSPS) is 37.3. The van der Waals surface area contributed by atoms with E-state index in [9.17, 15) is 15.3 Å². The highest BCUT2D eigenvalue weighted by molar-refractivity contribution is 4.89. The van der Waals surface area contributed by atoms with Crippen molar-refractivity contribution in [3.8, 4) is 0 Å². The van der Waals surface area contributed by atoms with Crippen LogP contribution in [-0.2, 0) is 9.47 Å². The van der Waals surface area contributed by atoms with Crippen LogP contribution in [0.25, 0.3) is 0 Å². The Morgan fingerprint density at radius 2 is 1.83 bits per heavy atom. The number of hydrogen-bond acceptors (Lipinski definition) is 6. The van der Waals surface area contributed by atoms with Gasteiger partial charge in [0.15, 0.2) is 6.29 Å². The van der Waals surface area contributed by atoms with Crippen LogP contribution < -0.4 is 0 Å².